The molecule has 23 heavy (non-hydrogen) atoms. The first-order chi connectivity index (χ1) is 11.0. The summed E-state index contributed by atoms with van der Waals surface area (Å²) >= 11 is 3.43. The molecule has 0 aliphatic heterocycles. The Hall–Kier alpha value is -2.01. The van der Waals surface area contributed by atoms with Crippen LogP contribution >= 0.6 is 15.9 Å². The van der Waals surface area contributed by atoms with E-state index < -0.39 is 6.09 Å². The number of amides is 1. The van der Waals surface area contributed by atoms with E-state index in [-0.39, 0.29) is 17.8 Å². The second kappa shape index (κ2) is 8.02. The summed E-state index contributed by atoms with van der Waals surface area (Å²) in [6.45, 7) is 4.04. The number of rotatable bonds is 5. The maximum atomic E-state index is 11.7. The SMILES string of the molecule is CC(C)OC(=O)NCC(c1ccc(O)cc1)c1ccc(Br)cc1. The number of benzene rings is 2. The van der Waals surface area contributed by atoms with Crippen molar-refractivity contribution >= 4 is 22.0 Å². The number of nitrogens with one attached hydrogen (secondary N) is 1. The van der Waals surface area contributed by atoms with Gasteiger partial charge >= 0.3 is 6.09 Å². The average Bonchev–Trinajstić information content (AvgIpc) is 2.50. The van der Waals surface area contributed by atoms with E-state index in [4.69, 9.17) is 4.74 Å². The van der Waals surface area contributed by atoms with Crippen LogP contribution in [-0.2, 0) is 4.74 Å². The van der Waals surface area contributed by atoms with Gasteiger partial charge in [0.25, 0.3) is 0 Å². The smallest absolute Gasteiger partial charge is 0.407 e. The van der Waals surface area contributed by atoms with Gasteiger partial charge in [-0.25, -0.2) is 4.79 Å². The molecule has 0 radical (unpaired) electrons. The topological polar surface area (TPSA) is 58.6 Å². The van der Waals surface area contributed by atoms with Gasteiger partial charge in [-0.3, -0.25) is 0 Å². The Balaban J connectivity index is 2.19. The maximum absolute atomic E-state index is 11.7. The Bertz CT molecular complexity index is 593. The van der Waals surface area contributed by atoms with Crippen molar-refractivity contribution in [2.75, 3.05) is 6.54 Å². The highest BCUT2D eigenvalue weighted by molar-refractivity contribution is 9.10. The monoisotopic (exact) mass is 377 g/mol. The number of hydrogen-bond acceptors (Lipinski definition) is 3. The van der Waals surface area contributed by atoms with Crippen LogP contribution in [0.4, 0.5) is 4.79 Å². The fourth-order valence-electron chi connectivity index (χ4n) is 2.27. The summed E-state index contributed by atoms with van der Waals surface area (Å²) in [5.41, 5.74) is 2.08. The van der Waals surface area contributed by atoms with Gasteiger partial charge in [-0.15, -0.1) is 0 Å². The number of ether oxygens (including phenoxy) is 1. The van der Waals surface area contributed by atoms with Crippen molar-refractivity contribution in [3.8, 4) is 5.75 Å². The molecule has 0 bridgehead atoms. The first kappa shape index (κ1) is 17.3. The lowest BCUT2D eigenvalue weighted by Gasteiger charge is -2.19. The quantitative estimate of drug-likeness (QED) is 0.810. The number of carbonyl (C=O) groups excluding carboxylic acids is 1. The highest BCUT2D eigenvalue weighted by atomic mass is 79.9. The van der Waals surface area contributed by atoms with E-state index in [1.54, 1.807) is 12.1 Å². The Labute approximate surface area is 144 Å². The molecule has 0 spiro atoms. The van der Waals surface area contributed by atoms with Crippen LogP contribution in [0.15, 0.2) is 53.0 Å². The molecular formula is C18H20BrNO3. The summed E-state index contributed by atoms with van der Waals surface area (Å²) in [6.07, 6.45) is -0.587. The van der Waals surface area contributed by atoms with Crippen LogP contribution in [0, 0.1) is 0 Å². The molecule has 2 rings (SSSR count). The Morgan fingerprint density at radius 1 is 1.09 bits per heavy atom. The molecule has 4 nitrogen and oxygen atoms in total. The summed E-state index contributed by atoms with van der Waals surface area (Å²) in [5, 5.41) is 12.3. The predicted molar refractivity (Wildman–Crippen MR) is 93.7 cm³/mol. The van der Waals surface area contributed by atoms with Gasteiger partial charge in [-0.2, -0.15) is 0 Å². The normalized spacial score (nSPS) is 12.0. The first-order valence-corrected chi connectivity index (χ1v) is 8.24. The number of phenols is 1. The van der Waals surface area contributed by atoms with E-state index in [0.29, 0.717) is 6.54 Å². The standard InChI is InChI=1S/C18H20BrNO3/c1-12(2)23-18(22)20-11-17(13-3-7-15(19)8-4-13)14-5-9-16(21)10-6-14/h3-10,12,17,21H,11H2,1-2H3,(H,20,22). The van der Waals surface area contributed by atoms with Crippen molar-refractivity contribution < 1.29 is 14.6 Å². The lowest BCUT2D eigenvalue weighted by molar-refractivity contribution is 0.115. The Kier molecular flexibility index (Phi) is 6.04. The van der Waals surface area contributed by atoms with Crippen LogP contribution in [0.2, 0.25) is 0 Å². The third kappa shape index (κ3) is 5.28. The molecule has 1 amide bonds. The highest BCUT2D eigenvalue weighted by Crippen LogP contribution is 2.26. The summed E-state index contributed by atoms with van der Waals surface area (Å²) in [5.74, 6) is 0.193. The molecule has 5 heteroatoms. The average molecular weight is 378 g/mol. The third-order valence-electron chi connectivity index (χ3n) is 3.36. The van der Waals surface area contributed by atoms with E-state index in [9.17, 15) is 9.90 Å². The summed E-state index contributed by atoms with van der Waals surface area (Å²) < 4.78 is 6.11. The van der Waals surface area contributed by atoms with E-state index in [0.717, 1.165) is 15.6 Å². The number of halogens is 1. The molecule has 122 valence electrons. The van der Waals surface area contributed by atoms with Gasteiger partial charge in [0, 0.05) is 16.9 Å². The van der Waals surface area contributed by atoms with Crippen LogP contribution in [0.1, 0.15) is 30.9 Å². The van der Waals surface area contributed by atoms with Gasteiger partial charge < -0.3 is 15.2 Å². The van der Waals surface area contributed by atoms with Crippen molar-refractivity contribution in [1.82, 2.24) is 5.32 Å². The molecule has 0 fully saturated rings. The third-order valence-corrected chi connectivity index (χ3v) is 3.89. The molecule has 1 unspecified atom stereocenters. The Morgan fingerprint density at radius 2 is 1.61 bits per heavy atom. The molecule has 0 aliphatic carbocycles. The lowest BCUT2D eigenvalue weighted by Crippen LogP contribution is -2.31. The van der Waals surface area contributed by atoms with Gasteiger partial charge in [-0.1, -0.05) is 40.2 Å². The fourth-order valence-corrected chi connectivity index (χ4v) is 2.54. The number of hydrogen-bond donors (Lipinski definition) is 2. The van der Waals surface area contributed by atoms with Crippen molar-refractivity contribution in [2.24, 2.45) is 0 Å². The molecule has 1 atom stereocenters. The molecular weight excluding hydrogens is 358 g/mol. The molecule has 0 aliphatic rings. The van der Waals surface area contributed by atoms with Gasteiger partial charge in [0.05, 0.1) is 6.10 Å². The molecule has 0 saturated carbocycles. The van der Waals surface area contributed by atoms with E-state index in [1.807, 2.05) is 50.2 Å². The zero-order chi connectivity index (χ0) is 16.8. The molecule has 2 N–H and O–H groups in total. The molecule has 2 aromatic carbocycles. The van der Waals surface area contributed by atoms with Crippen molar-refractivity contribution in [2.45, 2.75) is 25.9 Å². The summed E-state index contributed by atoms with van der Waals surface area (Å²) in [6, 6.07) is 15.0. The van der Waals surface area contributed by atoms with E-state index in [1.165, 1.54) is 0 Å². The minimum Gasteiger partial charge on any atom is -0.508 e. The van der Waals surface area contributed by atoms with Crippen LogP contribution in [0.5, 0.6) is 5.75 Å². The number of aromatic hydroxyl groups is 1. The second-order valence-electron chi connectivity index (χ2n) is 5.53. The van der Waals surface area contributed by atoms with Gasteiger partial charge in [0.1, 0.15) is 5.75 Å². The largest absolute Gasteiger partial charge is 0.508 e. The zero-order valence-electron chi connectivity index (χ0n) is 13.1. The minimum absolute atomic E-state index is 0.0246. The number of alkyl carbamates (subject to hydrolysis) is 1. The number of phenolic OH excluding ortho intramolecular Hbond substituents is 1. The molecule has 0 heterocycles. The lowest BCUT2D eigenvalue weighted by atomic mass is 9.91. The molecule has 2 aromatic rings. The summed E-state index contributed by atoms with van der Waals surface area (Å²) in [7, 11) is 0. The Morgan fingerprint density at radius 3 is 2.13 bits per heavy atom. The molecule has 0 aromatic heterocycles. The van der Waals surface area contributed by atoms with Crippen molar-refractivity contribution in [3.05, 3.63) is 64.1 Å². The number of carbonyl (C=O) groups is 1. The van der Waals surface area contributed by atoms with Gasteiger partial charge in [0.15, 0.2) is 0 Å². The van der Waals surface area contributed by atoms with Gasteiger partial charge in [-0.05, 0) is 49.2 Å². The minimum atomic E-state index is -0.430. The van der Waals surface area contributed by atoms with Crippen molar-refractivity contribution in [1.29, 1.82) is 0 Å². The van der Waals surface area contributed by atoms with Crippen LogP contribution in [0.3, 0.4) is 0 Å². The molecule has 0 saturated heterocycles. The van der Waals surface area contributed by atoms with E-state index in [2.05, 4.69) is 21.2 Å². The van der Waals surface area contributed by atoms with Crippen LogP contribution in [-0.4, -0.2) is 23.8 Å². The highest BCUT2D eigenvalue weighted by Gasteiger charge is 2.16. The van der Waals surface area contributed by atoms with Gasteiger partial charge in [0.2, 0.25) is 0 Å². The van der Waals surface area contributed by atoms with Crippen LogP contribution in [0.25, 0.3) is 0 Å². The maximum Gasteiger partial charge on any atom is 0.407 e. The first-order valence-electron chi connectivity index (χ1n) is 7.44. The predicted octanol–water partition coefficient (Wildman–Crippen LogP) is 4.42. The zero-order valence-corrected chi connectivity index (χ0v) is 14.7. The van der Waals surface area contributed by atoms with Crippen molar-refractivity contribution in [3.63, 3.8) is 0 Å². The second-order valence-corrected chi connectivity index (χ2v) is 6.45. The fraction of sp³-hybridized carbons (Fsp3) is 0.278. The van der Waals surface area contributed by atoms with Crippen LogP contribution < -0.4 is 5.32 Å². The summed E-state index contributed by atoms with van der Waals surface area (Å²) in [4.78, 5) is 11.7. The van der Waals surface area contributed by atoms with E-state index >= 15 is 0 Å².